The summed E-state index contributed by atoms with van der Waals surface area (Å²) < 4.78 is 0. The Morgan fingerprint density at radius 1 is 1.05 bits per heavy atom. The molecule has 0 bridgehead atoms. The van der Waals surface area contributed by atoms with Gasteiger partial charge in [0.1, 0.15) is 0 Å². The summed E-state index contributed by atoms with van der Waals surface area (Å²) in [6.45, 7) is 11.8. The average molecular weight is 288 g/mol. The SMILES string of the molecule is CC(C)(C)c1cc(C(=O)O)c([O-])c(C(C)(C)C)c1.[K+]. The number of benzene rings is 1. The third-order valence-corrected chi connectivity index (χ3v) is 2.99. The molecule has 0 saturated carbocycles. The summed E-state index contributed by atoms with van der Waals surface area (Å²) >= 11 is 0. The van der Waals surface area contributed by atoms with Gasteiger partial charge >= 0.3 is 57.4 Å². The monoisotopic (exact) mass is 288 g/mol. The van der Waals surface area contributed by atoms with Crippen LogP contribution < -0.4 is 56.5 Å². The Balaban J connectivity index is 0.00000324. The van der Waals surface area contributed by atoms with E-state index in [1.54, 1.807) is 0 Å². The van der Waals surface area contributed by atoms with E-state index in [1.165, 1.54) is 6.07 Å². The van der Waals surface area contributed by atoms with Crippen LogP contribution in [-0.2, 0) is 10.8 Å². The standard InChI is InChI=1S/C15H22O3.K/c1-14(2,3)9-7-10(13(17)18)12(16)11(8-9)15(4,5)6;/h7-8,16H,1-6H3,(H,17,18);/q;+1/p-1. The van der Waals surface area contributed by atoms with Gasteiger partial charge in [-0.1, -0.05) is 53.4 Å². The van der Waals surface area contributed by atoms with Crippen LogP contribution in [-0.4, -0.2) is 11.1 Å². The summed E-state index contributed by atoms with van der Waals surface area (Å²) in [5.41, 5.74) is 0.768. The number of carbonyl (C=O) groups is 1. The number of hydrogen-bond donors (Lipinski definition) is 1. The largest absolute Gasteiger partial charge is 1.00 e. The number of hydrogen-bond acceptors (Lipinski definition) is 2. The molecule has 1 aromatic carbocycles. The van der Waals surface area contributed by atoms with Crippen LogP contribution in [0.4, 0.5) is 0 Å². The molecule has 0 heterocycles. The van der Waals surface area contributed by atoms with Gasteiger partial charge < -0.3 is 10.2 Å². The molecule has 0 unspecified atom stereocenters. The molecular weight excluding hydrogens is 267 g/mol. The van der Waals surface area contributed by atoms with Crippen molar-refractivity contribution in [2.45, 2.75) is 52.4 Å². The van der Waals surface area contributed by atoms with Crippen molar-refractivity contribution in [1.82, 2.24) is 0 Å². The van der Waals surface area contributed by atoms with Gasteiger partial charge in [-0.3, -0.25) is 0 Å². The van der Waals surface area contributed by atoms with Gasteiger partial charge in [0.15, 0.2) is 0 Å². The van der Waals surface area contributed by atoms with Crippen molar-refractivity contribution in [1.29, 1.82) is 0 Å². The Morgan fingerprint density at radius 2 is 1.53 bits per heavy atom. The van der Waals surface area contributed by atoms with Crippen molar-refractivity contribution in [2.24, 2.45) is 0 Å². The molecular formula is C15H21KO3. The minimum absolute atomic E-state index is 0. The van der Waals surface area contributed by atoms with E-state index in [-0.39, 0.29) is 73.5 Å². The molecule has 3 nitrogen and oxygen atoms in total. The zero-order valence-electron chi connectivity index (χ0n) is 12.9. The normalized spacial score (nSPS) is 11.9. The molecule has 0 aliphatic rings. The molecule has 0 aromatic heterocycles. The fourth-order valence-electron chi connectivity index (χ4n) is 1.78. The maximum Gasteiger partial charge on any atom is 1.00 e. The molecule has 0 radical (unpaired) electrons. The number of rotatable bonds is 1. The van der Waals surface area contributed by atoms with E-state index in [0.29, 0.717) is 5.56 Å². The molecule has 0 saturated heterocycles. The number of aromatic carboxylic acids is 1. The molecule has 1 N–H and O–H groups in total. The Kier molecular flexibility index (Phi) is 6.31. The van der Waals surface area contributed by atoms with E-state index >= 15 is 0 Å². The second-order valence-electron chi connectivity index (χ2n) is 6.71. The van der Waals surface area contributed by atoms with Crippen LogP contribution in [0.15, 0.2) is 12.1 Å². The summed E-state index contributed by atoms with van der Waals surface area (Å²) in [5, 5.41) is 21.3. The van der Waals surface area contributed by atoms with Gasteiger partial charge in [-0.2, -0.15) is 0 Å². The van der Waals surface area contributed by atoms with Crippen molar-refractivity contribution in [3.05, 3.63) is 28.8 Å². The summed E-state index contributed by atoms with van der Waals surface area (Å²) in [4.78, 5) is 11.2. The van der Waals surface area contributed by atoms with E-state index in [4.69, 9.17) is 5.11 Å². The maximum atomic E-state index is 12.2. The smallest absolute Gasteiger partial charge is 0.872 e. The van der Waals surface area contributed by atoms with E-state index in [1.807, 2.05) is 47.6 Å². The third-order valence-electron chi connectivity index (χ3n) is 2.99. The van der Waals surface area contributed by atoms with Gasteiger partial charge in [-0.25, -0.2) is 4.79 Å². The zero-order valence-corrected chi connectivity index (χ0v) is 16.0. The predicted molar refractivity (Wildman–Crippen MR) is 70.2 cm³/mol. The molecule has 0 atom stereocenters. The second-order valence-corrected chi connectivity index (χ2v) is 6.71. The molecule has 4 heteroatoms. The molecule has 1 aromatic rings. The topological polar surface area (TPSA) is 60.4 Å². The molecule has 19 heavy (non-hydrogen) atoms. The molecule has 0 aliphatic carbocycles. The van der Waals surface area contributed by atoms with Gasteiger partial charge in [0.05, 0.1) is 5.56 Å². The van der Waals surface area contributed by atoms with Gasteiger partial charge in [0, 0.05) is 0 Å². The van der Waals surface area contributed by atoms with Crippen LogP contribution in [0.25, 0.3) is 0 Å². The first-order valence-corrected chi connectivity index (χ1v) is 6.04. The summed E-state index contributed by atoms with van der Waals surface area (Å²) in [7, 11) is 0. The van der Waals surface area contributed by atoms with Crippen molar-refractivity contribution < 1.29 is 66.4 Å². The minimum atomic E-state index is -1.16. The summed E-state index contributed by atoms with van der Waals surface area (Å²) in [6.07, 6.45) is 0. The van der Waals surface area contributed by atoms with E-state index < -0.39 is 5.97 Å². The van der Waals surface area contributed by atoms with Crippen molar-refractivity contribution in [3.8, 4) is 5.75 Å². The molecule has 0 aliphatic heterocycles. The molecule has 0 fully saturated rings. The van der Waals surface area contributed by atoms with Gasteiger partial charge in [-0.15, -0.1) is 0 Å². The van der Waals surface area contributed by atoms with E-state index in [2.05, 4.69) is 0 Å². The average Bonchev–Trinajstić information content (AvgIpc) is 2.13. The molecule has 100 valence electrons. The number of carboxylic acid groups (broad SMARTS) is 1. The Bertz CT molecular complexity index is 479. The molecule has 0 spiro atoms. The van der Waals surface area contributed by atoms with Crippen molar-refractivity contribution in [2.75, 3.05) is 0 Å². The van der Waals surface area contributed by atoms with Gasteiger partial charge in [0.25, 0.3) is 0 Å². The Morgan fingerprint density at radius 3 is 1.84 bits per heavy atom. The summed E-state index contributed by atoms with van der Waals surface area (Å²) in [6, 6.07) is 3.34. The maximum absolute atomic E-state index is 12.2. The fraction of sp³-hybridized carbons (Fsp3) is 0.533. The van der Waals surface area contributed by atoms with Crippen LogP contribution in [0.5, 0.6) is 5.75 Å². The minimum Gasteiger partial charge on any atom is -0.872 e. The van der Waals surface area contributed by atoms with Crippen molar-refractivity contribution >= 4 is 5.97 Å². The van der Waals surface area contributed by atoms with Gasteiger partial charge in [0.2, 0.25) is 0 Å². The zero-order chi connectivity index (χ0) is 14.3. The van der Waals surface area contributed by atoms with Crippen LogP contribution in [0.1, 0.15) is 63.0 Å². The first-order chi connectivity index (χ1) is 7.94. The van der Waals surface area contributed by atoms with Crippen LogP contribution in [0.2, 0.25) is 0 Å². The quantitative estimate of drug-likeness (QED) is 0.743. The van der Waals surface area contributed by atoms with Crippen LogP contribution in [0, 0.1) is 0 Å². The second kappa shape index (κ2) is 6.27. The third kappa shape index (κ3) is 4.57. The molecule has 1 rings (SSSR count). The Hall–Kier alpha value is 0.126. The first-order valence-electron chi connectivity index (χ1n) is 6.04. The van der Waals surface area contributed by atoms with Crippen molar-refractivity contribution in [3.63, 3.8) is 0 Å². The first kappa shape index (κ1) is 19.1. The Labute approximate surface area is 157 Å². The van der Waals surface area contributed by atoms with E-state index in [9.17, 15) is 9.90 Å². The van der Waals surface area contributed by atoms with E-state index in [0.717, 1.165) is 5.56 Å². The summed E-state index contributed by atoms with van der Waals surface area (Å²) in [5.74, 6) is -1.53. The van der Waals surface area contributed by atoms with Gasteiger partial charge in [-0.05, 0) is 28.0 Å². The van der Waals surface area contributed by atoms with Crippen LogP contribution >= 0.6 is 0 Å². The predicted octanol–water partition coefficient (Wildman–Crippen LogP) is 0.0574. The molecule has 0 amide bonds. The van der Waals surface area contributed by atoms with Crippen LogP contribution in [0.3, 0.4) is 0 Å². The fourth-order valence-corrected chi connectivity index (χ4v) is 1.78. The number of carboxylic acids is 1.